The number of fused-ring (bicyclic) bond motifs is 1. The van der Waals surface area contributed by atoms with Crippen LogP contribution in [0.1, 0.15) is 0 Å². The fraction of sp³-hybridized carbons (Fsp3) is 0. The summed E-state index contributed by atoms with van der Waals surface area (Å²) < 4.78 is 0. The minimum atomic E-state index is 0. The molecule has 52 valence electrons. The average molecular weight is 159 g/mol. The maximum absolute atomic E-state index is 3.12. The zero-order valence-corrected chi connectivity index (χ0v) is 8.34. The number of halogens is 1. The minimum Gasteiger partial charge on any atom is -1.00 e. The molecule has 1 N–H and O–H groups in total. The van der Waals surface area contributed by atoms with E-state index >= 15 is 0 Å². The Morgan fingerprint density at radius 3 is 2.45 bits per heavy atom. The maximum Gasteiger partial charge on any atom is 1.00 e. The van der Waals surface area contributed by atoms with Crippen molar-refractivity contribution >= 4 is 10.9 Å². The van der Waals surface area contributed by atoms with Gasteiger partial charge in [0.2, 0.25) is 0 Å². The van der Waals surface area contributed by atoms with Crippen LogP contribution in [-0.4, -0.2) is 4.98 Å². The maximum atomic E-state index is 3.12. The molecule has 0 amide bonds. The van der Waals surface area contributed by atoms with Gasteiger partial charge in [-0.1, -0.05) is 18.2 Å². The van der Waals surface area contributed by atoms with Gasteiger partial charge >= 0.3 is 29.6 Å². The largest absolute Gasteiger partial charge is 1.00 e. The Hall–Kier alpha value is -0.310. The molecule has 0 aliphatic rings. The zero-order chi connectivity index (χ0) is 6.10. The SMILES string of the molecule is [F-].[Na+].c1ccc2[nH]ccc2c1. The molecule has 2 aromatic rings. The molecule has 0 saturated carbocycles. The van der Waals surface area contributed by atoms with Gasteiger partial charge in [-0.2, -0.15) is 0 Å². The Morgan fingerprint density at radius 2 is 1.73 bits per heavy atom. The summed E-state index contributed by atoms with van der Waals surface area (Å²) in [4.78, 5) is 3.12. The minimum absolute atomic E-state index is 0. The molecule has 0 saturated heterocycles. The van der Waals surface area contributed by atoms with Crippen LogP contribution in [0, 0.1) is 0 Å². The van der Waals surface area contributed by atoms with Crippen LogP contribution in [0.2, 0.25) is 0 Å². The Bertz CT molecular complexity index is 288. The van der Waals surface area contributed by atoms with Crippen molar-refractivity contribution in [2.75, 3.05) is 0 Å². The van der Waals surface area contributed by atoms with Crippen molar-refractivity contribution < 1.29 is 34.3 Å². The second-order valence-corrected chi connectivity index (χ2v) is 2.06. The number of rotatable bonds is 0. The smallest absolute Gasteiger partial charge is 1.00 e. The summed E-state index contributed by atoms with van der Waals surface area (Å²) in [5, 5.41) is 1.28. The third-order valence-corrected chi connectivity index (χ3v) is 1.46. The van der Waals surface area contributed by atoms with Crippen molar-refractivity contribution in [2.45, 2.75) is 0 Å². The summed E-state index contributed by atoms with van der Waals surface area (Å²) >= 11 is 0. The van der Waals surface area contributed by atoms with E-state index in [1.165, 1.54) is 10.9 Å². The van der Waals surface area contributed by atoms with Crippen molar-refractivity contribution in [3.63, 3.8) is 0 Å². The number of H-pyrrole nitrogens is 1. The van der Waals surface area contributed by atoms with Gasteiger partial charge in [0.05, 0.1) is 0 Å². The zero-order valence-electron chi connectivity index (χ0n) is 6.34. The van der Waals surface area contributed by atoms with Crippen molar-refractivity contribution in [2.24, 2.45) is 0 Å². The quantitative estimate of drug-likeness (QED) is 0.379. The molecule has 2 rings (SSSR count). The van der Waals surface area contributed by atoms with E-state index in [0.29, 0.717) is 0 Å². The number of benzene rings is 1. The summed E-state index contributed by atoms with van der Waals surface area (Å²) in [6.07, 6.45) is 1.95. The van der Waals surface area contributed by atoms with Crippen LogP contribution in [0.25, 0.3) is 10.9 Å². The van der Waals surface area contributed by atoms with E-state index in [1.54, 1.807) is 0 Å². The number of aromatic nitrogens is 1. The molecule has 1 nitrogen and oxygen atoms in total. The number of nitrogens with one attached hydrogen (secondary N) is 1. The molecule has 1 aromatic heterocycles. The van der Waals surface area contributed by atoms with Crippen molar-refractivity contribution in [1.29, 1.82) is 0 Å². The van der Waals surface area contributed by atoms with E-state index in [2.05, 4.69) is 23.2 Å². The van der Waals surface area contributed by atoms with Gasteiger partial charge in [0.25, 0.3) is 0 Å². The van der Waals surface area contributed by atoms with Gasteiger partial charge in [0.1, 0.15) is 0 Å². The average Bonchev–Trinajstić information content (AvgIpc) is 2.33. The summed E-state index contributed by atoms with van der Waals surface area (Å²) in [5.41, 5.74) is 1.21. The van der Waals surface area contributed by atoms with Crippen LogP contribution < -0.4 is 34.3 Å². The summed E-state index contributed by atoms with van der Waals surface area (Å²) in [5.74, 6) is 0. The van der Waals surface area contributed by atoms with E-state index in [1.807, 2.05) is 18.3 Å². The predicted molar refractivity (Wildman–Crippen MR) is 38.3 cm³/mol. The van der Waals surface area contributed by atoms with Crippen LogP contribution in [-0.2, 0) is 0 Å². The second-order valence-electron chi connectivity index (χ2n) is 2.06. The summed E-state index contributed by atoms with van der Waals surface area (Å²) in [6.45, 7) is 0. The van der Waals surface area contributed by atoms with E-state index < -0.39 is 0 Å². The van der Waals surface area contributed by atoms with Crippen LogP contribution >= 0.6 is 0 Å². The first-order valence-electron chi connectivity index (χ1n) is 2.99. The van der Waals surface area contributed by atoms with E-state index in [-0.39, 0.29) is 34.3 Å². The molecule has 1 aromatic carbocycles. The number of aromatic amines is 1. The fourth-order valence-electron chi connectivity index (χ4n) is 0.995. The summed E-state index contributed by atoms with van der Waals surface area (Å²) in [6, 6.07) is 10.3. The third-order valence-electron chi connectivity index (χ3n) is 1.46. The van der Waals surface area contributed by atoms with E-state index in [9.17, 15) is 0 Å². The first kappa shape index (κ1) is 10.7. The van der Waals surface area contributed by atoms with Gasteiger partial charge in [0, 0.05) is 11.7 Å². The molecule has 0 unspecified atom stereocenters. The molecule has 0 spiro atoms. The standard InChI is InChI=1S/C8H7N.FH.Na/c1-2-4-8-7(3-1)5-6-9-8;;/h1-6,9H;1H;/q;;+1/p-1. The molecule has 0 bridgehead atoms. The first-order valence-corrected chi connectivity index (χ1v) is 2.99. The predicted octanol–water partition coefficient (Wildman–Crippen LogP) is -3.82. The second kappa shape index (κ2) is 4.54. The number of para-hydroxylation sites is 1. The van der Waals surface area contributed by atoms with E-state index in [4.69, 9.17) is 0 Å². The van der Waals surface area contributed by atoms with E-state index in [0.717, 1.165) is 0 Å². The molecule has 0 aliphatic carbocycles. The van der Waals surface area contributed by atoms with Crippen LogP contribution in [0.4, 0.5) is 0 Å². The van der Waals surface area contributed by atoms with Gasteiger partial charge in [0.15, 0.2) is 0 Å². The van der Waals surface area contributed by atoms with Gasteiger partial charge in [-0.15, -0.1) is 0 Å². The van der Waals surface area contributed by atoms with Crippen molar-refractivity contribution in [3.05, 3.63) is 36.5 Å². The Morgan fingerprint density at radius 1 is 1.00 bits per heavy atom. The van der Waals surface area contributed by atoms with Gasteiger partial charge < -0.3 is 9.69 Å². The Kier molecular flexibility index (Phi) is 4.42. The van der Waals surface area contributed by atoms with Crippen LogP contribution in [0.5, 0.6) is 0 Å². The molecule has 3 heteroatoms. The Balaban J connectivity index is 0.000000500. The van der Waals surface area contributed by atoms with Gasteiger partial charge in [-0.25, -0.2) is 0 Å². The molecule has 0 fully saturated rings. The van der Waals surface area contributed by atoms with Gasteiger partial charge in [-0.3, -0.25) is 0 Å². The first-order chi connectivity index (χ1) is 4.47. The van der Waals surface area contributed by atoms with Gasteiger partial charge in [-0.05, 0) is 17.5 Å². The molecule has 11 heavy (non-hydrogen) atoms. The van der Waals surface area contributed by atoms with Crippen molar-refractivity contribution in [3.8, 4) is 0 Å². The van der Waals surface area contributed by atoms with Crippen molar-refractivity contribution in [1.82, 2.24) is 4.98 Å². The van der Waals surface area contributed by atoms with Crippen LogP contribution in [0.15, 0.2) is 36.5 Å². The third kappa shape index (κ3) is 2.06. The number of hydrogen-bond acceptors (Lipinski definition) is 0. The fourth-order valence-corrected chi connectivity index (χ4v) is 0.995. The van der Waals surface area contributed by atoms with Crippen LogP contribution in [0.3, 0.4) is 0 Å². The molecule has 0 atom stereocenters. The molecule has 0 aliphatic heterocycles. The number of hydrogen-bond donors (Lipinski definition) is 1. The molecule has 1 heterocycles. The summed E-state index contributed by atoms with van der Waals surface area (Å²) in [7, 11) is 0. The molecular weight excluding hydrogens is 152 g/mol. The normalized spacial score (nSPS) is 8.36. The monoisotopic (exact) mass is 159 g/mol. The topological polar surface area (TPSA) is 15.8 Å². The molecular formula is C8H7FNNa. The molecule has 0 radical (unpaired) electrons. The Labute approximate surface area is 86.5 Å².